The average Bonchev–Trinajstić information content (AvgIpc) is 3.38. The number of aryl methyl sites for hydroxylation is 1. The van der Waals surface area contributed by atoms with E-state index in [0.29, 0.717) is 17.2 Å². The van der Waals surface area contributed by atoms with Crippen LogP contribution in [0.25, 0.3) is 0 Å². The summed E-state index contributed by atoms with van der Waals surface area (Å²) in [6, 6.07) is 3.94. The predicted molar refractivity (Wildman–Crippen MR) is 103 cm³/mol. The maximum Gasteiger partial charge on any atom is 0.293 e. The lowest BCUT2D eigenvalue weighted by Gasteiger charge is -2.23. The van der Waals surface area contributed by atoms with Crippen LogP contribution in [0.1, 0.15) is 81.9 Å². The van der Waals surface area contributed by atoms with Crippen molar-refractivity contribution in [2.75, 3.05) is 6.54 Å². The fraction of sp³-hybridized carbons (Fsp3) is 0.550. The summed E-state index contributed by atoms with van der Waals surface area (Å²) in [6.07, 6.45) is 5.82. The van der Waals surface area contributed by atoms with Gasteiger partial charge in [0.25, 0.3) is 11.8 Å². The summed E-state index contributed by atoms with van der Waals surface area (Å²) < 4.78 is 5.46. The first-order valence-electron chi connectivity index (χ1n) is 9.73. The summed E-state index contributed by atoms with van der Waals surface area (Å²) in [4.78, 5) is 29.1. The van der Waals surface area contributed by atoms with Gasteiger partial charge in [0.15, 0.2) is 0 Å². The fourth-order valence-corrected chi connectivity index (χ4v) is 5.04. The third-order valence-electron chi connectivity index (χ3n) is 5.27. The molecule has 144 valence electrons. The van der Waals surface area contributed by atoms with Gasteiger partial charge in [0.05, 0.1) is 16.6 Å². The third kappa shape index (κ3) is 3.52. The second-order valence-electron chi connectivity index (χ2n) is 7.63. The summed E-state index contributed by atoms with van der Waals surface area (Å²) in [5.74, 6) is 0.307. The van der Waals surface area contributed by atoms with Crippen LogP contribution < -0.4 is 5.32 Å². The van der Waals surface area contributed by atoms with E-state index in [0.717, 1.165) is 54.7 Å². The number of rotatable bonds is 4. The van der Waals surface area contributed by atoms with Crippen LogP contribution in [0.4, 0.5) is 0 Å². The van der Waals surface area contributed by atoms with E-state index < -0.39 is 0 Å². The molecule has 0 radical (unpaired) electrons. The van der Waals surface area contributed by atoms with Crippen molar-refractivity contribution in [2.45, 2.75) is 64.5 Å². The summed E-state index contributed by atoms with van der Waals surface area (Å²) in [6.45, 7) is 4.61. The highest BCUT2D eigenvalue weighted by Crippen LogP contribution is 2.38. The van der Waals surface area contributed by atoms with Crippen LogP contribution in [-0.2, 0) is 12.8 Å². The molecule has 0 aromatic carbocycles. The minimum Gasteiger partial charge on any atom is -0.350 e. The zero-order valence-electron chi connectivity index (χ0n) is 15.8. The van der Waals surface area contributed by atoms with E-state index in [9.17, 15) is 9.59 Å². The van der Waals surface area contributed by atoms with Gasteiger partial charge in [-0.1, -0.05) is 5.16 Å². The lowest BCUT2D eigenvalue weighted by atomic mass is 9.96. The monoisotopic (exact) mass is 387 g/mol. The molecule has 27 heavy (non-hydrogen) atoms. The lowest BCUT2D eigenvalue weighted by Crippen LogP contribution is -2.31. The number of likely N-dealkylation sites (tertiary alicyclic amines) is 1. The van der Waals surface area contributed by atoms with E-state index in [1.54, 1.807) is 0 Å². The quantitative estimate of drug-likeness (QED) is 0.867. The zero-order chi connectivity index (χ0) is 19.0. The second-order valence-corrected chi connectivity index (χ2v) is 8.75. The van der Waals surface area contributed by atoms with Crippen LogP contribution in [-0.4, -0.2) is 34.5 Å². The molecule has 2 aromatic rings. The maximum absolute atomic E-state index is 13.2. The molecule has 1 aliphatic heterocycles. The largest absolute Gasteiger partial charge is 0.350 e. The number of hydrogen-bond acceptors (Lipinski definition) is 5. The van der Waals surface area contributed by atoms with Crippen molar-refractivity contribution in [3.05, 3.63) is 38.9 Å². The Morgan fingerprint density at radius 2 is 2.07 bits per heavy atom. The Balaban J connectivity index is 1.54. The Bertz CT molecular complexity index is 855. The molecule has 1 saturated heterocycles. The van der Waals surface area contributed by atoms with Crippen LogP contribution in [0, 0.1) is 0 Å². The third-order valence-corrected chi connectivity index (χ3v) is 6.45. The molecule has 0 unspecified atom stereocenters. The fourth-order valence-electron chi connectivity index (χ4n) is 3.98. The molecule has 4 rings (SSSR count). The van der Waals surface area contributed by atoms with E-state index in [1.165, 1.54) is 11.3 Å². The molecule has 0 bridgehead atoms. The van der Waals surface area contributed by atoms with Crippen molar-refractivity contribution < 1.29 is 14.1 Å². The highest BCUT2D eigenvalue weighted by molar-refractivity contribution is 7.14. The lowest BCUT2D eigenvalue weighted by molar-refractivity contribution is 0.0694. The molecule has 1 N–H and O–H groups in total. The molecule has 3 heterocycles. The zero-order valence-corrected chi connectivity index (χ0v) is 16.6. The van der Waals surface area contributed by atoms with Gasteiger partial charge in [0.2, 0.25) is 5.76 Å². The molecule has 0 spiro atoms. The highest BCUT2D eigenvalue weighted by atomic mass is 32.1. The first-order valence-corrected chi connectivity index (χ1v) is 10.5. The van der Waals surface area contributed by atoms with Gasteiger partial charge in [0.1, 0.15) is 0 Å². The minimum atomic E-state index is -0.0604. The van der Waals surface area contributed by atoms with Crippen LogP contribution in [0.2, 0.25) is 0 Å². The maximum atomic E-state index is 13.2. The number of amides is 2. The molecule has 2 aromatic heterocycles. The molecule has 2 aliphatic rings. The average molecular weight is 388 g/mol. The molecule has 1 aliphatic carbocycles. The van der Waals surface area contributed by atoms with E-state index in [-0.39, 0.29) is 23.9 Å². The van der Waals surface area contributed by atoms with E-state index in [2.05, 4.69) is 10.5 Å². The predicted octanol–water partition coefficient (Wildman–Crippen LogP) is 3.73. The van der Waals surface area contributed by atoms with Crippen LogP contribution >= 0.6 is 11.3 Å². The Hall–Kier alpha value is -2.15. The standard InChI is InChI=1S/C20H25N3O3S/c1-12(2)21-19(24)17-10-9-16(27-17)15-8-5-11-23(15)20(25)18-13-6-3-4-7-14(13)22-26-18/h9-10,12,15H,3-8,11H2,1-2H3,(H,21,24)/t15-/m0/s1. The Morgan fingerprint density at radius 3 is 2.89 bits per heavy atom. The smallest absolute Gasteiger partial charge is 0.293 e. The van der Waals surface area contributed by atoms with E-state index in [4.69, 9.17) is 4.52 Å². The Kier molecular flexibility index (Phi) is 5.04. The van der Waals surface area contributed by atoms with Gasteiger partial charge in [-0.2, -0.15) is 0 Å². The van der Waals surface area contributed by atoms with Gasteiger partial charge in [0, 0.05) is 23.0 Å². The number of aromatic nitrogens is 1. The number of nitrogens with one attached hydrogen (secondary N) is 1. The van der Waals surface area contributed by atoms with E-state index >= 15 is 0 Å². The first-order chi connectivity index (χ1) is 13.0. The normalized spacial score (nSPS) is 19.4. The van der Waals surface area contributed by atoms with Gasteiger partial charge in [-0.25, -0.2) is 0 Å². The van der Waals surface area contributed by atoms with Gasteiger partial charge in [-0.15, -0.1) is 11.3 Å². The second kappa shape index (κ2) is 7.46. The summed E-state index contributed by atoms with van der Waals surface area (Å²) in [5, 5.41) is 7.05. The van der Waals surface area contributed by atoms with Gasteiger partial charge in [-0.3, -0.25) is 9.59 Å². The first kappa shape index (κ1) is 18.2. The Morgan fingerprint density at radius 1 is 1.26 bits per heavy atom. The molecule has 2 amide bonds. The highest BCUT2D eigenvalue weighted by Gasteiger charge is 2.36. The molecular weight excluding hydrogens is 362 g/mol. The van der Waals surface area contributed by atoms with Crippen molar-refractivity contribution >= 4 is 23.2 Å². The van der Waals surface area contributed by atoms with Crippen molar-refractivity contribution in [1.29, 1.82) is 0 Å². The number of fused-ring (bicyclic) bond motifs is 1. The molecule has 7 heteroatoms. The van der Waals surface area contributed by atoms with Crippen molar-refractivity contribution in [2.24, 2.45) is 0 Å². The minimum absolute atomic E-state index is 0.00689. The summed E-state index contributed by atoms with van der Waals surface area (Å²) >= 11 is 1.48. The van der Waals surface area contributed by atoms with Crippen molar-refractivity contribution in [3.8, 4) is 0 Å². The van der Waals surface area contributed by atoms with Crippen molar-refractivity contribution in [1.82, 2.24) is 15.4 Å². The van der Waals surface area contributed by atoms with Gasteiger partial charge < -0.3 is 14.7 Å². The van der Waals surface area contributed by atoms with Gasteiger partial charge >= 0.3 is 0 Å². The number of nitrogens with zero attached hydrogens (tertiary/aromatic N) is 2. The molecular formula is C20H25N3O3S. The van der Waals surface area contributed by atoms with Crippen LogP contribution in [0.15, 0.2) is 16.7 Å². The molecule has 1 atom stereocenters. The topological polar surface area (TPSA) is 75.4 Å². The summed E-state index contributed by atoms with van der Waals surface area (Å²) in [7, 11) is 0. The number of thiophene rings is 1. The van der Waals surface area contributed by atoms with Crippen LogP contribution in [0.3, 0.4) is 0 Å². The number of hydrogen-bond donors (Lipinski definition) is 1. The summed E-state index contributed by atoms with van der Waals surface area (Å²) in [5.41, 5.74) is 1.95. The molecule has 1 fully saturated rings. The number of carbonyl (C=O) groups is 2. The van der Waals surface area contributed by atoms with Crippen LogP contribution in [0.5, 0.6) is 0 Å². The van der Waals surface area contributed by atoms with E-state index in [1.807, 2.05) is 30.9 Å². The Labute approximate surface area is 162 Å². The van der Waals surface area contributed by atoms with Crippen molar-refractivity contribution in [3.63, 3.8) is 0 Å². The molecule has 0 saturated carbocycles. The number of carbonyl (C=O) groups excluding carboxylic acids is 2. The van der Waals surface area contributed by atoms with Gasteiger partial charge in [-0.05, 0) is 64.5 Å². The molecule has 6 nitrogen and oxygen atoms in total. The SMILES string of the molecule is CC(C)NC(=O)c1ccc([C@@H]2CCCN2C(=O)c2onc3c2CCCC3)s1.